The van der Waals surface area contributed by atoms with Crippen LogP contribution in [0, 0.1) is 0 Å². The summed E-state index contributed by atoms with van der Waals surface area (Å²) < 4.78 is 36.2. The van der Waals surface area contributed by atoms with Crippen molar-refractivity contribution in [3.05, 3.63) is 160 Å². The number of halogens is 4. The standard InChI is InChI=1S/C23H19BrN4O5S2.C21H17BrN4O4S2.C17H14BrN3O5S2.CH2O3.CH4O.ClH.2K.H/c1-13(29)28(12-14-4-6-25-7-5-14)22-26-11-20(35-22)33-18-10-16(24)15(8-17(18)32-3)9-19-21(30)27(2)23(31)34-19;1-26-19(27)17(31-21(26)28)8-13-7-15(29-2)16(9-14(13)22)30-18-11-25-20(32-18)24-10-12-3-5-23-6-4-12;1-8(22)20-16-19-7-14(28-16)26-12-6-10(18)9(4-11(12)25-3)5-13-15(23)21(2)17(24)27-13;2-1-4-3;1-2;;;;/h4-11H,12H2,1-3H3;3-9,11H,10H2,1-2H3,(H,24,25);4-7H,1-3H3,(H,19,20,22);1,3H;2H,1H3;1H;;;/q;;;;;;2*+1;-1/p-1/b19-9-;17-8-;13-5-;;;;;;. The van der Waals surface area contributed by atoms with Crippen molar-refractivity contribution in [2.75, 3.05) is 65.1 Å². The van der Waals surface area contributed by atoms with E-state index in [1.165, 1.54) is 96.5 Å². The first kappa shape index (κ1) is 90.9. The number of pyridine rings is 2. The van der Waals surface area contributed by atoms with Crippen LogP contribution in [0.3, 0.4) is 0 Å². The molecule has 3 aliphatic heterocycles. The molecule has 11 rings (SSSR count). The second kappa shape index (κ2) is 44.7. The van der Waals surface area contributed by atoms with Crippen molar-refractivity contribution in [2.45, 2.75) is 26.9 Å². The molecule has 8 heterocycles. The molecule has 0 saturated carbocycles. The fourth-order valence-electron chi connectivity index (χ4n) is 8.08. The van der Waals surface area contributed by atoms with Crippen LogP contribution in [0.2, 0.25) is 0 Å². The predicted molar refractivity (Wildman–Crippen MR) is 400 cm³/mol. The van der Waals surface area contributed by atoms with Crippen molar-refractivity contribution in [3.63, 3.8) is 0 Å². The van der Waals surface area contributed by atoms with Crippen molar-refractivity contribution in [1.29, 1.82) is 0 Å². The Kier molecular flexibility index (Phi) is 39.0. The number of imide groups is 3. The van der Waals surface area contributed by atoms with E-state index < -0.39 is 0 Å². The molecule has 104 heavy (non-hydrogen) atoms. The van der Waals surface area contributed by atoms with Crippen LogP contribution in [0.5, 0.6) is 49.7 Å². The summed E-state index contributed by atoms with van der Waals surface area (Å²) >= 11 is 16.9. The summed E-state index contributed by atoms with van der Waals surface area (Å²) in [5, 5.41) is 23.5. The number of amides is 8. The van der Waals surface area contributed by atoms with E-state index in [2.05, 4.69) is 88.2 Å². The number of aliphatic hydroxyl groups excluding tert-OH is 1. The van der Waals surface area contributed by atoms with Gasteiger partial charge in [0.05, 0.1) is 61.2 Å². The number of methoxy groups -OCH3 is 3. The first-order valence-electron chi connectivity index (χ1n) is 28.3. The summed E-state index contributed by atoms with van der Waals surface area (Å²) in [6.45, 7) is 3.68. The number of thioether (sulfide) groups is 3. The maximum Gasteiger partial charge on any atom is 1.00 e. The number of nitrogens with one attached hydrogen (secondary N) is 2. The third kappa shape index (κ3) is 25.6. The molecule has 3 aliphatic rings. The van der Waals surface area contributed by atoms with Gasteiger partial charge in [-0.1, -0.05) is 81.8 Å². The van der Waals surface area contributed by atoms with Gasteiger partial charge in [0.25, 0.3) is 39.9 Å². The number of nitrogens with zero attached hydrogens (tertiary/aromatic N) is 9. The second-order valence-corrected chi connectivity index (χ2v) is 28.1. The molecule has 5 aromatic heterocycles. The first-order valence-corrected chi connectivity index (χ1v) is 35.6. The molecule has 3 aromatic carbocycles. The van der Waals surface area contributed by atoms with Gasteiger partial charge in [0.15, 0.2) is 49.9 Å². The van der Waals surface area contributed by atoms with Gasteiger partial charge >= 0.3 is 103 Å². The van der Waals surface area contributed by atoms with E-state index in [1.54, 1.807) is 96.7 Å². The van der Waals surface area contributed by atoms with E-state index in [0.29, 0.717) is 118 Å². The van der Waals surface area contributed by atoms with Gasteiger partial charge in [-0.3, -0.25) is 72.7 Å². The Bertz CT molecular complexity index is 4520. The van der Waals surface area contributed by atoms with Crippen LogP contribution in [0.4, 0.5) is 29.8 Å². The number of anilines is 3. The van der Waals surface area contributed by atoms with E-state index in [-0.39, 0.29) is 168 Å². The number of carbonyl (C=O) groups excluding carboxylic acids is 9. The molecule has 538 valence electrons. The third-order valence-corrected chi connectivity index (χ3v) is 20.4. The van der Waals surface area contributed by atoms with Crippen LogP contribution in [0.15, 0.2) is 132 Å². The van der Waals surface area contributed by atoms with Crippen molar-refractivity contribution < 1.29 is 191 Å². The van der Waals surface area contributed by atoms with Gasteiger partial charge in [0.2, 0.25) is 27.0 Å². The van der Waals surface area contributed by atoms with Gasteiger partial charge < -0.3 is 55.7 Å². The number of likely N-dealkylation sites (N-methyl/N-ethyl adjacent to an activating group) is 3. The van der Waals surface area contributed by atoms with E-state index in [9.17, 15) is 38.4 Å². The molecular weight excluding hydrogens is 1740 g/mol. The molecule has 0 unspecified atom stereocenters. The number of carbonyl (C=O) groups is 9. The van der Waals surface area contributed by atoms with Crippen LogP contribution >= 0.6 is 129 Å². The fourth-order valence-corrected chi connectivity index (χ4v) is 14.1. The molecule has 0 spiro atoms. The van der Waals surface area contributed by atoms with Gasteiger partial charge in [-0.2, -0.15) is 0 Å². The SMILES string of the molecule is CO.COc1cc(/C=C2\SC(=O)N(C)C2=O)c(Br)cc1Oc1cnc(N(Cc2ccncc2)C(C)=O)s1.COc1cc(/C=C2\SC(=O)N(C)C2=O)c(Br)cc1Oc1cnc(NC(C)=O)s1.COc1cc(/C=C2\SC(=O)N(C)C2=O)c(Br)cc1Oc1cnc(NCc2ccncc2)s1.Cl.O=CO[O-].[H-].[K+].[K+]. The van der Waals surface area contributed by atoms with Crippen molar-refractivity contribution in [2.24, 2.45) is 0 Å². The molecule has 3 fully saturated rings. The number of hydrogen-bond donors (Lipinski definition) is 3. The van der Waals surface area contributed by atoms with E-state index in [4.69, 9.17) is 43.6 Å². The van der Waals surface area contributed by atoms with E-state index in [1.807, 2.05) is 24.3 Å². The number of rotatable bonds is 20. The average molecular weight is 1800 g/mol. The summed E-state index contributed by atoms with van der Waals surface area (Å²) in [5.74, 6) is 1.26. The summed E-state index contributed by atoms with van der Waals surface area (Å²) in [6, 6.07) is 17.8. The summed E-state index contributed by atoms with van der Waals surface area (Å²) in [7, 11) is 9.88. The van der Waals surface area contributed by atoms with Crippen molar-refractivity contribution in [3.8, 4) is 49.7 Å². The van der Waals surface area contributed by atoms with Gasteiger partial charge in [0.1, 0.15) is 0 Å². The Morgan fingerprint density at radius 2 is 0.913 bits per heavy atom. The molecule has 0 atom stereocenters. The Balaban J connectivity index is 0.000000388. The second-order valence-electron chi connectivity index (χ2n) is 19.6. The fraction of sp³-hybridized carbons (Fsp3) is 0.175. The zero-order chi connectivity index (χ0) is 73.6. The number of ether oxygens (including phenoxy) is 6. The number of aromatic nitrogens is 5. The number of thiazole rings is 3. The van der Waals surface area contributed by atoms with Gasteiger partial charge in [-0.25, -0.2) is 15.0 Å². The molecule has 3 saturated heterocycles. The topological polar surface area (TPSA) is 363 Å². The van der Waals surface area contributed by atoms with Crippen LogP contribution in [-0.4, -0.2) is 146 Å². The third-order valence-electron chi connectivity index (χ3n) is 13.0. The quantitative estimate of drug-likeness (QED) is 0.0217. The van der Waals surface area contributed by atoms with Crippen LogP contribution in [0.25, 0.3) is 18.2 Å². The first-order chi connectivity index (χ1) is 48.4. The molecule has 0 bridgehead atoms. The molecule has 0 aliphatic carbocycles. The number of hydrogen-bond acceptors (Lipinski definition) is 30. The normalized spacial score (nSPS) is 13.8. The molecule has 8 amide bonds. The minimum absolute atomic E-state index is 0. The van der Waals surface area contributed by atoms with E-state index >= 15 is 0 Å². The van der Waals surface area contributed by atoms with Gasteiger partial charge in [-0.05, 0) is 142 Å². The summed E-state index contributed by atoms with van der Waals surface area (Å²) in [6.07, 6.45) is 16.4. The molecule has 3 N–H and O–H groups in total. The molecule has 8 aromatic rings. The number of benzene rings is 3. The average Bonchev–Trinajstić information content (AvgIpc) is 1.80. The largest absolute Gasteiger partial charge is 1.00 e. The maximum absolute atomic E-state index is 12.3. The zero-order valence-corrected chi connectivity index (χ0v) is 73.2. The van der Waals surface area contributed by atoms with Gasteiger partial charge in [0, 0.05) is 86.9 Å². The molecule has 41 heteroatoms. The molecular formula is C63H57Br3ClK2N11O18S6. The zero-order valence-electron chi connectivity index (χ0n) is 57.4. The maximum atomic E-state index is 12.3. The Morgan fingerprint density at radius 1 is 0.567 bits per heavy atom. The Morgan fingerprint density at radius 3 is 1.25 bits per heavy atom. The number of aliphatic hydroxyl groups is 1. The van der Waals surface area contributed by atoms with Crippen molar-refractivity contribution >= 4 is 215 Å². The van der Waals surface area contributed by atoms with Crippen LogP contribution in [0.1, 0.15) is 43.1 Å². The van der Waals surface area contributed by atoms with Gasteiger partial charge in [-0.15, -0.1) is 12.4 Å². The smallest absolute Gasteiger partial charge is 1.00 e. The summed E-state index contributed by atoms with van der Waals surface area (Å²) in [4.78, 5) is 133. The Labute approximate surface area is 737 Å². The van der Waals surface area contributed by atoms with Crippen molar-refractivity contribution in [1.82, 2.24) is 39.6 Å². The summed E-state index contributed by atoms with van der Waals surface area (Å²) in [5.41, 5.74) is 4.02. The minimum Gasteiger partial charge on any atom is -1.00 e. The van der Waals surface area contributed by atoms with Crippen LogP contribution < -0.4 is 152 Å². The molecule has 29 nitrogen and oxygen atoms in total. The Hall–Kier alpha value is -5.53. The minimum atomic E-state index is -0.356. The van der Waals surface area contributed by atoms with Crippen LogP contribution in [-0.2, 0) is 46.7 Å². The predicted octanol–water partition coefficient (Wildman–Crippen LogP) is 7.62. The monoisotopic (exact) mass is 1800 g/mol. The molecule has 0 radical (unpaired) electrons. The van der Waals surface area contributed by atoms with E-state index in [0.717, 1.165) is 73.4 Å².